The lowest BCUT2D eigenvalue weighted by atomic mass is 10.0. The highest BCUT2D eigenvalue weighted by molar-refractivity contribution is 7.98. The molecule has 0 unspecified atom stereocenters. The van der Waals surface area contributed by atoms with E-state index in [-0.39, 0.29) is 5.75 Å². The number of benzene rings is 2. The van der Waals surface area contributed by atoms with Crippen molar-refractivity contribution in [2.45, 2.75) is 30.3 Å². The molecule has 0 spiro atoms. The second kappa shape index (κ2) is 11.0. The van der Waals surface area contributed by atoms with E-state index in [0.29, 0.717) is 24.9 Å². The lowest BCUT2D eigenvalue weighted by molar-refractivity contribution is -0.131. The second-order valence-corrected chi connectivity index (χ2v) is 6.89. The number of phenolic OH excluding ortho intramolecular Hbond substituents is 1. The van der Waals surface area contributed by atoms with Crippen LogP contribution in [0.5, 0.6) is 5.75 Å². The van der Waals surface area contributed by atoms with Gasteiger partial charge in [-0.1, -0.05) is 18.2 Å². The quantitative estimate of drug-likeness (QED) is 0.303. The number of carboxylic acid groups (broad SMARTS) is 1. The lowest BCUT2D eigenvalue weighted by Gasteiger charge is -2.19. The van der Waals surface area contributed by atoms with E-state index in [1.54, 1.807) is 42.1 Å². The summed E-state index contributed by atoms with van der Waals surface area (Å²) < 4.78 is 5.59. The molecule has 1 amide bonds. The van der Waals surface area contributed by atoms with E-state index in [9.17, 15) is 14.7 Å². The van der Waals surface area contributed by atoms with Crippen molar-refractivity contribution in [3.63, 3.8) is 0 Å². The van der Waals surface area contributed by atoms with Crippen LogP contribution >= 0.6 is 11.8 Å². The second-order valence-electron chi connectivity index (χ2n) is 6.01. The van der Waals surface area contributed by atoms with Crippen LogP contribution in [0.1, 0.15) is 30.9 Å². The van der Waals surface area contributed by atoms with Gasteiger partial charge in [0.05, 0.1) is 0 Å². The molecule has 3 N–H and O–H groups in total. The fraction of sp³-hybridized carbons (Fsp3) is 0.238. The zero-order valence-corrected chi connectivity index (χ0v) is 16.3. The molecule has 0 aliphatic carbocycles. The summed E-state index contributed by atoms with van der Waals surface area (Å²) in [5.74, 6) is -0.858. The molecule has 148 valence electrons. The molecule has 0 bridgehead atoms. The number of rotatable bonds is 9. The van der Waals surface area contributed by atoms with Crippen LogP contribution in [0.4, 0.5) is 10.5 Å². The number of thioether (sulfide) groups is 1. The van der Waals surface area contributed by atoms with E-state index >= 15 is 0 Å². The van der Waals surface area contributed by atoms with Crippen LogP contribution in [0, 0.1) is 0 Å². The molecule has 1 atom stereocenters. The molecule has 0 aromatic heterocycles. The minimum atomic E-state index is -0.988. The van der Waals surface area contributed by atoms with E-state index in [4.69, 9.17) is 9.84 Å². The van der Waals surface area contributed by atoms with Gasteiger partial charge < -0.3 is 14.9 Å². The Balaban J connectivity index is 1.99. The van der Waals surface area contributed by atoms with Crippen molar-refractivity contribution in [2.24, 2.45) is 0 Å². The van der Waals surface area contributed by atoms with E-state index in [1.165, 1.54) is 12.1 Å². The highest BCUT2D eigenvalue weighted by Gasteiger charge is 2.17. The summed E-state index contributed by atoms with van der Waals surface area (Å²) in [4.78, 5) is 23.9. The number of unbranched alkanes of at least 4 members (excludes halogenated alkanes) is 1. The zero-order valence-electron chi connectivity index (χ0n) is 15.5. The number of aromatic hydroxyl groups is 1. The van der Waals surface area contributed by atoms with Gasteiger partial charge in [0.25, 0.3) is 0 Å². The van der Waals surface area contributed by atoms with Crippen LogP contribution in [0.25, 0.3) is 0 Å². The largest absolute Gasteiger partial charge is 0.508 e. The molecule has 0 aliphatic rings. The third-order valence-corrected chi connectivity index (χ3v) is 4.69. The summed E-state index contributed by atoms with van der Waals surface area (Å²) in [6.45, 7) is 0. The molecule has 0 saturated carbocycles. The van der Waals surface area contributed by atoms with Crippen LogP contribution in [0.2, 0.25) is 0 Å². The molecule has 2 rings (SSSR count). The molecule has 2 aromatic carbocycles. The monoisotopic (exact) mass is 401 g/mol. The van der Waals surface area contributed by atoms with Crippen molar-refractivity contribution in [3.05, 3.63) is 66.2 Å². The Bertz CT molecular complexity index is 803. The number of amides is 1. The predicted octanol–water partition coefficient (Wildman–Crippen LogP) is 5.22. The van der Waals surface area contributed by atoms with Gasteiger partial charge in [-0.3, -0.25) is 5.32 Å². The number of hydrogen-bond acceptors (Lipinski definition) is 5. The number of aliphatic carboxylic acids is 1. The topological polar surface area (TPSA) is 95.9 Å². The number of anilines is 1. The average Bonchev–Trinajstić information content (AvgIpc) is 2.68. The standard InChI is InChI=1S/C21H23NO5S/c1-28-18-13-9-16(10-14-18)22-21(26)27-19(5-3-2-4-6-20(24)25)15-7-11-17(23)12-8-15/h4,6-14,19,23H,2-3,5H2,1H3,(H,22,26)(H,24,25)/b6-4+/t19-/m0/s1. The van der Waals surface area contributed by atoms with E-state index < -0.39 is 18.2 Å². The molecule has 6 nitrogen and oxygen atoms in total. The number of carbonyl (C=O) groups is 2. The summed E-state index contributed by atoms with van der Waals surface area (Å²) in [6.07, 6.45) is 5.29. The Labute approximate surface area is 168 Å². The van der Waals surface area contributed by atoms with Gasteiger partial charge >= 0.3 is 12.1 Å². The van der Waals surface area contributed by atoms with Crippen molar-refractivity contribution in [2.75, 3.05) is 11.6 Å². The molecule has 0 heterocycles. The van der Waals surface area contributed by atoms with Gasteiger partial charge in [0, 0.05) is 16.7 Å². The van der Waals surface area contributed by atoms with Crippen molar-refractivity contribution in [1.82, 2.24) is 0 Å². The van der Waals surface area contributed by atoms with Gasteiger partial charge in [-0.05, 0) is 67.5 Å². The third kappa shape index (κ3) is 7.36. The number of nitrogens with one attached hydrogen (secondary N) is 1. The molecule has 28 heavy (non-hydrogen) atoms. The molecule has 0 radical (unpaired) electrons. The van der Waals surface area contributed by atoms with Crippen molar-refractivity contribution in [1.29, 1.82) is 0 Å². The fourth-order valence-corrected chi connectivity index (χ4v) is 2.95. The highest BCUT2D eigenvalue weighted by Crippen LogP contribution is 2.26. The van der Waals surface area contributed by atoms with Gasteiger partial charge in [0.2, 0.25) is 0 Å². The first-order chi connectivity index (χ1) is 13.5. The Morgan fingerprint density at radius 3 is 2.43 bits per heavy atom. The summed E-state index contributed by atoms with van der Waals surface area (Å²) in [5.41, 5.74) is 1.39. The maximum absolute atomic E-state index is 12.3. The number of allylic oxidation sites excluding steroid dienone is 1. The fourth-order valence-electron chi connectivity index (χ4n) is 2.54. The maximum atomic E-state index is 12.3. The summed E-state index contributed by atoms with van der Waals surface area (Å²) >= 11 is 1.61. The van der Waals surface area contributed by atoms with E-state index in [0.717, 1.165) is 16.5 Å². The molecule has 0 fully saturated rings. The minimum absolute atomic E-state index is 0.130. The van der Waals surface area contributed by atoms with Crippen LogP contribution in [-0.4, -0.2) is 28.5 Å². The molecule has 7 heteroatoms. The van der Waals surface area contributed by atoms with Crippen LogP contribution < -0.4 is 5.32 Å². The molecule has 2 aromatic rings. The molecule has 0 saturated heterocycles. The van der Waals surface area contributed by atoms with Gasteiger partial charge in [0.1, 0.15) is 11.9 Å². The van der Waals surface area contributed by atoms with E-state index in [1.807, 2.05) is 18.4 Å². The number of phenols is 1. The van der Waals surface area contributed by atoms with Crippen molar-refractivity contribution >= 4 is 29.5 Å². The van der Waals surface area contributed by atoms with Gasteiger partial charge in [-0.25, -0.2) is 9.59 Å². The third-order valence-electron chi connectivity index (χ3n) is 3.95. The lowest BCUT2D eigenvalue weighted by Crippen LogP contribution is -2.17. The Morgan fingerprint density at radius 1 is 1.14 bits per heavy atom. The molecular formula is C21H23NO5S. The van der Waals surface area contributed by atoms with Crippen LogP contribution in [0.3, 0.4) is 0 Å². The summed E-state index contributed by atoms with van der Waals surface area (Å²) in [5, 5.41) is 20.8. The van der Waals surface area contributed by atoms with Gasteiger partial charge in [-0.2, -0.15) is 0 Å². The summed E-state index contributed by atoms with van der Waals surface area (Å²) in [6, 6.07) is 13.9. The molecular weight excluding hydrogens is 378 g/mol. The van der Waals surface area contributed by atoms with Crippen LogP contribution in [0.15, 0.2) is 65.6 Å². The van der Waals surface area contributed by atoms with Crippen molar-refractivity contribution < 1.29 is 24.5 Å². The maximum Gasteiger partial charge on any atom is 0.412 e. The first kappa shape index (κ1) is 21.4. The number of ether oxygens (including phenoxy) is 1. The Hall–Kier alpha value is -2.93. The first-order valence-electron chi connectivity index (χ1n) is 8.78. The minimum Gasteiger partial charge on any atom is -0.508 e. The number of carbonyl (C=O) groups excluding carboxylic acids is 1. The van der Waals surface area contributed by atoms with Crippen molar-refractivity contribution in [3.8, 4) is 5.75 Å². The normalized spacial score (nSPS) is 11.9. The SMILES string of the molecule is CSc1ccc(NC(=O)O[C@@H](CCC/C=C/C(=O)O)c2ccc(O)cc2)cc1. The van der Waals surface area contributed by atoms with Gasteiger partial charge in [0.15, 0.2) is 0 Å². The number of hydrogen-bond donors (Lipinski definition) is 3. The van der Waals surface area contributed by atoms with E-state index in [2.05, 4.69) is 5.32 Å². The number of carboxylic acids is 1. The zero-order chi connectivity index (χ0) is 20.4. The molecule has 0 aliphatic heterocycles. The first-order valence-corrected chi connectivity index (χ1v) is 10.0. The van der Waals surface area contributed by atoms with Gasteiger partial charge in [-0.15, -0.1) is 11.8 Å². The smallest absolute Gasteiger partial charge is 0.412 e. The average molecular weight is 401 g/mol. The Kier molecular flexibility index (Phi) is 8.42. The predicted molar refractivity (Wildman–Crippen MR) is 110 cm³/mol. The van der Waals surface area contributed by atoms with Crippen LogP contribution in [-0.2, 0) is 9.53 Å². The summed E-state index contributed by atoms with van der Waals surface area (Å²) in [7, 11) is 0. The highest BCUT2D eigenvalue weighted by atomic mass is 32.2. The Morgan fingerprint density at radius 2 is 1.82 bits per heavy atom.